The van der Waals surface area contributed by atoms with Gasteiger partial charge in [-0.1, -0.05) is 22.0 Å². The molecule has 2 rings (SSSR count). The van der Waals surface area contributed by atoms with Crippen molar-refractivity contribution >= 4 is 31.6 Å². The maximum absolute atomic E-state index is 13.5. The van der Waals surface area contributed by atoms with Crippen LogP contribution in [0.2, 0.25) is 0 Å². The normalized spacial score (nSPS) is 11.4. The molecule has 0 aliphatic rings. The molecule has 2 aromatic carbocycles. The van der Waals surface area contributed by atoms with Gasteiger partial charge in [-0.3, -0.25) is 4.72 Å². The molecule has 0 heterocycles. The first-order chi connectivity index (χ1) is 9.31. The SMILES string of the molecule is Cc1cc(S(=O)(=O)Nc2cccc(F)c2F)ccc1Br. The Labute approximate surface area is 123 Å². The van der Waals surface area contributed by atoms with Crippen LogP contribution >= 0.6 is 15.9 Å². The molecule has 1 N–H and O–H groups in total. The quantitative estimate of drug-likeness (QED) is 0.902. The van der Waals surface area contributed by atoms with Gasteiger partial charge in [-0.2, -0.15) is 0 Å². The molecule has 3 nitrogen and oxygen atoms in total. The topological polar surface area (TPSA) is 46.2 Å². The number of hydrogen-bond donors (Lipinski definition) is 1. The summed E-state index contributed by atoms with van der Waals surface area (Å²) in [4.78, 5) is -0.0261. The molecule has 0 saturated carbocycles. The molecule has 0 radical (unpaired) electrons. The average molecular weight is 362 g/mol. The summed E-state index contributed by atoms with van der Waals surface area (Å²) in [6, 6.07) is 7.67. The zero-order chi connectivity index (χ0) is 14.9. The van der Waals surface area contributed by atoms with E-state index in [2.05, 4.69) is 15.9 Å². The molecule has 0 aliphatic carbocycles. The Hall–Kier alpha value is -1.47. The Morgan fingerprint density at radius 1 is 1.15 bits per heavy atom. The molecule has 7 heteroatoms. The summed E-state index contributed by atoms with van der Waals surface area (Å²) >= 11 is 3.26. The molecule has 0 saturated heterocycles. The second-order valence-electron chi connectivity index (χ2n) is 4.12. The molecular formula is C13H10BrF2NO2S. The highest BCUT2D eigenvalue weighted by Gasteiger charge is 2.18. The van der Waals surface area contributed by atoms with Crippen molar-refractivity contribution in [2.75, 3.05) is 4.72 Å². The fourth-order valence-corrected chi connectivity index (χ4v) is 2.96. The highest BCUT2D eigenvalue weighted by Crippen LogP contribution is 2.24. The Bertz CT molecular complexity index is 763. The van der Waals surface area contributed by atoms with Crippen LogP contribution in [0.3, 0.4) is 0 Å². The summed E-state index contributed by atoms with van der Waals surface area (Å²) in [5, 5.41) is 0. The summed E-state index contributed by atoms with van der Waals surface area (Å²) in [5.74, 6) is -2.35. The third kappa shape index (κ3) is 2.99. The molecule has 0 fully saturated rings. The molecule has 0 bridgehead atoms. The third-order valence-electron chi connectivity index (χ3n) is 2.64. The number of benzene rings is 2. The first-order valence-electron chi connectivity index (χ1n) is 5.54. The van der Waals surface area contributed by atoms with Crippen molar-refractivity contribution in [1.82, 2.24) is 0 Å². The predicted octanol–water partition coefficient (Wildman–Crippen LogP) is 3.84. The van der Waals surface area contributed by atoms with Crippen LogP contribution in [0, 0.1) is 18.6 Å². The summed E-state index contributed by atoms with van der Waals surface area (Å²) in [7, 11) is -3.97. The van der Waals surface area contributed by atoms with Crippen LogP contribution in [-0.4, -0.2) is 8.42 Å². The predicted molar refractivity (Wildman–Crippen MR) is 76.0 cm³/mol. The minimum Gasteiger partial charge on any atom is -0.277 e. The van der Waals surface area contributed by atoms with E-state index in [0.29, 0.717) is 5.56 Å². The van der Waals surface area contributed by atoms with E-state index < -0.39 is 27.3 Å². The van der Waals surface area contributed by atoms with Crippen LogP contribution < -0.4 is 4.72 Å². The number of nitrogens with one attached hydrogen (secondary N) is 1. The number of aryl methyl sites for hydroxylation is 1. The van der Waals surface area contributed by atoms with Crippen LogP contribution in [0.15, 0.2) is 45.8 Å². The molecule has 0 aromatic heterocycles. The van der Waals surface area contributed by atoms with Gasteiger partial charge in [-0.05, 0) is 42.8 Å². The van der Waals surface area contributed by atoms with Crippen molar-refractivity contribution in [3.05, 3.63) is 58.1 Å². The summed E-state index contributed by atoms with van der Waals surface area (Å²) in [6.45, 7) is 1.73. The minimum atomic E-state index is -3.97. The zero-order valence-electron chi connectivity index (χ0n) is 10.3. The van der Waals surface area contributed by atoms with Gasteiger partial charge >= 0.3 is 0 Å². The van der Waals surface area contributed by atoms with E-state index in [4.69, 9.17) is 0 Å². The van der Waals surface area contributed by atoms with Crippen LogP contribution in [0.25, 0.3) is 0 Å². The van der Waals surface area contributed by atoms with Gasteiger partial charge in [0.05, 0.1) is 10.6 Å². The van der Waals surface area contributed by atoms with Crippen molar-refractivity contribution in [3.8, 4) is 0 Å². The fraction of sp³-hybridized carbons (Fsp3) is 0.0769. The number of rotatable bonds is 3. The smallest absolute Gasteiger partial charge is 0.261 e. The fourth-order valence-electron chi connectivity index (χ4n) is 1.57. The maximum atomic E-state index is 13.5. The minimum absolute atomic E-state index is 0.0261. The lowest BCUT2D eigenvalue weighted by Gasteiger charge is -2.10. The molecule has 0 amide bonds. The number of hydrogen-bond acceptors (Lipinski definition) is 2. The van der Waals surface area contributed by atoms with E-state index in [0.717, 1.165) is 16.6 Å². The Morgan fingerprint density at radius 3 is 2.50 bits per heavy atom. The van der Waals surface area contributed by atoms with Gasteiger partial charge in [0.15, 0.2) is 11.6 Å². The van der Waals surface area contributed by atoms with Crippen LogP contribution in [-0.2, 0) is 10.0 Å². The molecule has 20 heavy (non-hydrogen) atoms. The lowest BCUT2D eigenvalue weighted by atomic mass is 10.2. The van der Waals surface area contributed by atoms with Crippen LogP contribution in [0.4, 0.5) is 14.5 Å². The lowest BCUT2D eigenvalue weighted by molar-refractivity contribution is 0.511. The first-order valence-corrected chi connectivity index (χ1v) is 7.82. The van der Waals surface area contributed by atoms with E-state index in [1.807, 2.05) is 4.72 Å². The molecule has 2 aromatic rings. The van der Waals surface area contributed by atoms with E-state index >= 15 is 0 Å². The maximum Gasteiger partial charge on any atom is 0.261 e. The van der Waals surface area contributed by atoms with Gasteiger partial charge in [0.2, 0.25) is 0 Å². The molecule has 0 spiro atoms. The molecule has 0 unspecified atom stereocenters. The monoisotopic (exact) mass is 361 g/mol. The van der Waals surface area contributed by atoms with E-state index in [9.17, 15) is 17.2 Å². The van der Waals surface area contributed by atoms with Crippen molar-refractivity contribution in [2.45, 2.75) is 11.8 Å². The van der Waals surface area contributed by atoms with Crippen molar-refractivity contribution < 1.29 is 17.2 Å². The summed E-state index contributed by atoms with van der Waals surface area (Å²) in [6.07, 6.45) is 0. The second-order valence-corrected chi connectivity index (χ2v) is 6.65. The van der Waals surface area contributed by atoms with Crippen molar-refractivity contribution in [2.24, 2.45) is 0 Å². The van der Waals surface area contributed by atoms with Gasteiger partial charge < -0.3 is 0 Å². The largest absolute Gasteiger partial charge is 0.277 e. The standard InChI is InChI=1S/C13H10BrF2NO2S/c1-8-7-9(5-6-10(8)14)20(18,19)17-12-4-2-3-11(15)13(12)16/h2-7,17H,1H3. The Kier molecular flexibility index (Phi) is 4.10. The van der Waals surface area contributed by atoms with Gasteiger partial charge in [-0.25, -0.2) is 17.2 Å². The number of sulfonamides is 1. The first kappa shape index (κ1) is 14.9. The lowest BCUT2D eigenvalue weighted by Crippen LogP contribution is -2.14. The number of halogens is 3. The molecular weight excluding hydrogens is 352 g/mol. The highest BCUT2D eigenvalue weighted by molar-refractivity contribution is 9.10. The van der Waals surface area contributed by atoms with Gasteiger partial charge in [-0.15, -0.1) is 0 Å². The Morgan fingerprint density at radius 2 is 1.85 bits per heavy atom. The van der Waals surface area contributed by atoms with Crippen molar-refractivity contribution in [1.29, 1.82) is 0 Å². The van der Waals surface area contributed by atoms with Crippen molar-refractivity contribution in [3.63, 3.8) is 0 Å². The highest BCUT2D eigenvalue weighted by atomic mass is 79.9. The molecule has 0 aliphatic heterocycles. The van der Waals surface area contributed by atoms with Gasteiger partial charge in [0, 0.05) is 4.47 Å². The van der Waals surface area contributed by atoms with E-state index in [-0.39, 0.29) is 4.90 Å². The van der Waals surface area contributed by atoms with Gasteiger partial charge in [0.25, 0.3) is 10.0 Å². The Balaban J connectivity index is 2.41. The van der Waals surface area contributed by atoms with Gasteiger partial charge in [0.1, 0.15) is 0 Å². The summed E-state index contributed by atoms with van der Waals surface area (Å²) in [5.41, 5.74) is 0.290. The van der Waals surface area contributed by atoms with Crippen LogP contribution in [0.5, 0.6) is 0 Å². The molecule has 0 atom stereocenters. The zero-order valence-corrected chi connectivity index (χ0v) is 12.7. The molecule has 106 valence electrons. The van der Waals surface area contributed by atoms with Crippen LogP contribution in [0.1, 0.15) is 5.56 Å². The number of anilines is 1. The average Bonchev–Trinajstić information content (AvgIpc) is 2.38. The third-order valence-corrected chi connectivity index (χ3v) is 4.89. The second kappa shape index (κ2) is 5.49. The van der Waals surface area contributed by atoms with E-state index in [1.165, 1.54) is 18.2 Å². The summed E-state index contributed by atoms with van der Waals surface area (Å²) < 4.78 is 53.6. The van der Waals surface area contributed by atoms with E-state index in [1.54, 1.807) is 13.0 Å².